The fourth-order valence-electron chi connectivity index (χ4n) is 3.41. The molecule has 4 amide bonds. The standard InChI is InChI=1S/C23H18ClN3O5S/c1-31-19-12-20(32-2)18(11-17(19)24)27(33)23(30)25-13-7-9-14(10-8-13)26-21(28)15-5-3-4-6-16(15)22(26)29/h3-12,33H,1-2H3,(H,25,30). The number of carbonyl (C=O) groups is 3. The SMILES string of the molecule is COc1cc(OC)c(N(S)C(=O)Nc2ccc(N3C(=O)c4ccccc4C3=O)cc2)cc1Cl. The lowest BCUT2D eigenvalue weighted by atomic mass is 10.1. The Morgan fingerprint density at radius 2 is 1.52 bits per heavy atom. The maximum atomic E-state index is 12.7. The lowest BCUT2D eigenvalue weighted by molar-refractivity contribution is 0.0926. The van der Waals surface area contributed by atoms with Crippen molar-refractivity contribution in [3.8, 4) is 11.5 Å². The highest BCUT2D eigenvalue weighted by Crippen LogP contribution is 2.39. The predicted molar refractivity (Wildman–Crippen MR) is 129 cm³/mol. The average molecular weight is 484 g/mol. The molecule has 0 spiro atoms. The fourth-order valence-corrected chi connectivity index (χ4v) is 3.85. The summed E-state index contributed by atoms with van der Waals surface area (Å²) in [6, 6.07) is 15.4. The first-order valence-electron chi connectivity index (χ1n) is 9.65. The van der Waals surface area contributed by atoms with E-state index in [-0.39, 0.29) is 5.02 Å². The second-order valence-corrected chi connectivity index (χ2v) is 7.75. The van der Waals surface area contributed by atoms with Gasteiger partial charge in [-0.1, -0.05) is 36.5 Å². The molecule has 10 heteroatoms. The Kier molecular flexibility index (Phi) is 6.17. The van der Waals surface area contributed by atoms with Gasteiger partial charge in [-0.15, -0.1) is 0 Å². The lowest BCUT2D eigenvalue weighted by Gasteiger charge is -2.20. The number of rotatable bonds is 5. The van der Waals surface area contributed by atoms with Crippen molar-refractivity contribution < 1.29 is 23.9 Å². The molecule has 1 N–H and O–H groups in total. The molecular formula is C23H18ClN3O5S. The molecule has 4 rings (SSSR count). The Balaban J connectivity index is 1.51. The fraction of sp³-hybridized carbons (Fsp3) is 0.0870. The molecule has 1 aliphatic rings. The summed E-state index contributed by atoms with van der Waals surface area (Å²) in [6.07, 6.45) is 0. The summed E-state index contributed by atoms with van der Waals surface area (Å²) in [4.78, 5) is 39.1. The van der Waals surface area contributed by atoms with Gasteiger partial charge in [0.25, 0.3) is 11.8 Å². The first kappa shape index (κ1) is 22.5. The van der Waals surface area contributed by atoms with E-state index in [1.54, 1.807) is 54.6 Å². The van der Waals surface area contributed by atoms with Gasteiger partial charge in [0.2, 0.25) is 0 Å². The van der Waals surface area contributed by atoms with Crippen molar-refractivity contribution in [1.82, 2.24) is 0 Å². The molecule has 0 saturated carbocycles. The van der Waals surface area contributed by atoms with Crippen molar-refractivity contribution in [3.05, 3.63) is 76.8 Å². The van der Waals surface area contributed by atoms with E-state index >= 15 is 0 Å². The zero-order chi connectivity index (χ0) is 23.7. The summed E-state index contributed by atoms with van der Waals surface area (Å²) in [5.41, 5.74) is 1.85. The van der Waals surface area contributed by atoms with Gasteiger partial charge in [-0.25, -0.2) is 14.0 Å². The molecule has 0 aromatic heterocycles. The maximum Gasteiger partial charge on any atom is 0.336 e. The Morgan fingerprint density at radius 3 is 2.06 bits per heavy atom. The molecule has 168 valence electrons. The molecule has 1 heterocycles. The summed E-state index contributed by atoms with van der Waals surface area (Å²) in [6.45, 7) is 0. The Hall–Kier alpha value is -3.69. The smallest absolute Gasteiger partial charge is 0.336 e. The van der Waals surface area contributed by atoms with Crippen molar-refractivity contribution in [2.75, 3.05) is 28.7 Å². The summed E-state index contributed by atoms with van der Waals surface area (Å²) < 4.78 is 11.5. The zero-order valence-corrected chi connectivity index (χ0v) is 19.2. The molecule has 8 nitrogen and oxygen atoms in total. The van der Waals surface area contributed by atoms with E-state index in [1.807, 2.05) is 0 Å². The van der Waals surface area contributed by atoms with E-state index in [1.165, 1.54) is 20.3 Å². The highest BCUT2D eigenvalue weighted by atomic mass is 35.5. The molecule has 33 heavy (non-hydrogen) atoms. The average Bonchev–Trinajstić information content (AvgIpc) is 3.09. The summed E-state index contributed by atoms with van der Waals surface area (Å²) in [5, 5.41) is 2.97. The van der Waals surface area contributed by atoms with Crippen LogP contribution < -0.4 is 24.0 Å². The van der Waals surface area contributed by atoms with Crippen LogP contribution >= 0.6 is 24.4 Å². The van der Waals surface area contributed by atoms with Crippen LogP contribution in [0.1, 0.15) is 20.7 Å². The van der Waals surface area contributed by atoms with Crippen LogP contribution in [0, 0.1) is 0 Å². The molecule has 0 atom stereocenters. The molecule has 0 unspecified atom stereocenters. The molecule has 0 bridgehead atoms. The number of fused-ring (bicyclic) bond motifs is 1. The molecule has 3 aromatic carbocycles. The number of nitrogens with zero attached hydrogens (tertiary/aromatic N) is 2. The quantitative estimate of drug-likeness (QED) is 0.392. The van der Waals surface area contributed by atoms with E-state index in [4.69, 9.17) is 21.1 Å². The van der Waals surface area contributed by atoms with Gasteiger partial charge in [-0.2, -0.15) is 0 Å². The number of carbonyl (C=O) groups excluding carboxylic acids is 3. The van der Waals surface area contributed by atoms with Crippen LogP contribution in [-0.4, -0.2) is 32.1 Å². The normalized spacial score (nSPS) is 12.4. The highest BCUT2D eigenvalue weighted by molar-refractivity contribution is 7.82. The monoisotopic (exact) mass is 483 g/mol. The second-order valence-electron chi connectivity index (χ2n) is 6.94. The number of benzene rings is 3. The minimum atomic E-state index is -0.577. The molecule has 0 radical (unpaired) electrons. The summed E-state index contributed by atoms with van der Waals surface area (Å²) in [7, 11) is 2.92. The number of ether oxygens (including phenoxy) is 2. The minimum Gasteiger partial charge on any atom is -0.495 e. The van der Waals surface area contributed by atoms with Crippen molar-refractivity contribution in [3.63, 3.8) is 0 Å². The predicted octanol–water partition coefficient (Wildman–Crippen LogP) is 5.04. The Labute approximate surface area is 200 Å². The molecule has 0 fully saturated rings. The third kappa shape index (κ3) is 4.08. The number of methoxy groups -OCH3 is 2. The molecule has 1 aliphatic heterocycles. The van der Waals surface area contributed by atoms with Gasteiger partial charge in [0.15, 0.2) is 0 Å². The van der Waals surface area contributed by atoms with Crippen molar-refractivity contribution in [2.45, 2.75) is 0 Å². The number of nitrogens with one attached hydrogen (secondary N) is 1. The molecule has 0 saturated heterocycles. The van der Waals surface area contributed by atoms with E-state index in [0.717, 1.165) is 9.21 Å². The van der Waals surface area contributed by atoms with E-state index in [2.05, 4.69) is 18.1 Å². The third-order valence-electron chi connectivity index (χ3n) is 5.04. The van der Waals surface area contributed by atoms with E-state index in [9.17, 15) is 14.4 Å². The number of urea groups is 1. The lowest BCUT2D eigenvalue weighted by Crippen LogP contribution is -2.29. The number of thiol groups is 1. The van der Waals surface area contributed by atoms with Crippen molar-refractivity contribution in [2.24, 2.45) is 0 Å². The van der Waals surface area contributed by atoms with Crippen LogP contribution in [0.5, 0.6) is 11.5 Å². The number of amides is 4. The van der Waals surface area contributed by atoms with Crippen LogP contribution in [0.4, 0.5) is 21.9 Å². The zero-order valence-electron chi connectivity index (χ0n) is 17.5. The van der Waals surface area contributed by atoms with E-state index in [0.29, 0.717) is 39.7 Å². The van der Waals surface area contributed by atoms with Gasteiger partial charge in [-0.3, -0.25) is 9.59 Å². The number of anilines is 3. The van der Waals surface area contributed by atoms with Crippen molar-refractivity contribution >= 4 is 59.3 Å². The van der Waals surface area contributed by atoms with Gasteiger partial charge < -0.3 is 14.8 Å². The van der Waals surface area contributed by atoms with Crippen LogP contribution in [0.2, 0.25) is 5.02 Å². The molecular weight excluding hydrogens is 466 g/mol. The Bertz CT molecular complexity index is 1230. The van der Waals surface area contributed by atoms with Gasteiger partial charge >= 0.3 is 6.03 Å². The van der Waals surface area contributed by atoms with Gasteiger partial charge in [0.1, 0.15) is 17.2 Å². The molecule has 3 aromatic rings. The van der Waals surface area contributed by atoms with Crippen molar-refractivity contribution in [1.29, 1.82) is 0 Å². The topological polar surface area (TPSA) is 88.2 Å². The first-order valence-corrected chi connectivity index (χ1v) is 10.4. The van der Waals surface area contributed by atoms with Gasteiger partial charge in [0, 0.05) is 11.8 Å². The minimum absolute atomic E-state index is 0.283. The number of hydrogen-bond donors (Lipinski definition) is 2. The van der Waals surface area contributed by atoms with Crippen LogP contribution in [0.15, 0.2) is 60.7 Å². The number of halogens is 1. The second kappa shape index (κ2) is 9.05. The van der Waals surface area contributed by atoms with Gasteiger partial charge in [0.05, 0.1) is 36.1 Å². The third-order valence-corrected chi connectivity index (χ3v) is 5.74. The number of hydrogen-bond acceptors (Lipinski definition) is 6. The number of imide groups is 1. The van der Waals surface area contributed by atoms with Crippen LogP contribution in [-0.2, 0) is 0 Å². The van der Waals surface area contributed by atoms with E-state index < -0.39 is 17.8 Å². The maximum absolute atomic E-state index is 12.7. The first-order chi connectivity index (χ1) is 15.8. The summed E-state index contributed by atoms with van der Waals surface area (Å²) >= 11 is 10.4. The largest absolute Gasteiger partial charge is 0.495 e. The highest BCUT2D eigenvalue weighted by Gasteiger charge is 2.36. The summed E-state index contributed by atoms with van der Waals surface area (Å²) in [5.74, 6) is -0.0553. The van der Waals surface area contributed by atoms with Gasteiger partial charge in [-0.05, 0) is 42.5 Å². The molecule has 0 aliphatic carbocycles. The van der Waals surface area contributed by atoms with Crippen LogP contribution in [0.3, 0.4) is 0 Å². The Morgan fingerprint density at radius 1 is 0.939 bits per heavy atom. The van der Waals surface area contributed by atoms with Crippen LogP contribution in [0.25, 0.3) is 0 Å².